The van der Waals surface area contributed by atoms with E-state index in [9.17, 15) is 4.79 Å². The van der Waals surface area contributed by atoms with Crippen LogP contribution in [0.15, 0.2) is 29.1 Å². The molecule has 0 saturated heterocycles. The number of anilines is 1. The van der Waals surface area contributed by atoms with E-state index in [0.717, 1.165) is 11.1 Å². The van der Waals surface area contributed by atoms with Crippen LogP contribution in [0.4, 0.5) is 5.69 Å². The smallest absolute Gasteiger partial charge is 0.287 e. The molecule has 1 aromatic carbocycles. The molecule has 0 aliphatic heterocycles. The van der Waals surface area contributed by atoms with Crippen LogP contribution in [0.25, 0.3) is 11.3 Å². The van der Waals surface area contributed by atoms with Gasteiger partial charge in [0, 0.05) is 5.56 Å². The number of hydrogen-bond acceptors (Lipinski definition) is 3. The first kappa shape index (κ1) is 10.4. The molecule has 0 fully saturated rings. The number of H-pyrrole nitrogens is 1. The van der Waals surface area contributed by atoms with Crippen molar-refractivity contribution in [1.82, 2.24) is 10.2 Å². The van der Waals surface area contributed by atoms with Gasteiger partial charge in [0.25, 0.3) is 5.56 Å². The molecule has 1 aromatic heterocycles. The van der Waals surface area contributed by atoms with Crippen LogP contribution in [-0.4, -0.2) is 10.2 Å². The first-order valence-electron chi connectivity index (χ1n) is 5.01. The Morgan fingerprint density at radius 3 is 2.62 bits per heavy atom. The van der Waals surface area contributed by atoms with Gasteiger partial charge >= 0.3 is 0 Å². The molecule has 2 rings (SSSR count). The molecule has 4 nitrogen and oxygen atoms in total. The molecule has 0 aliphatic rings. The zero-order chi connectivity index (χ0) is 11.7. The highest BCUT2D eigenvalue weighted by Crippen LogP contribution is 2.21. The second-order valence-electron chi connectivity index (χ2n) is 3.86. The maximum Gasteiger partial charge on any atom is 0.287 e. The number of nitrogen functional groups attached to an aromatic ring is 1. The van der Waals surface area contributed by atoms with Crippen molar-refractivity contribution in [2.24, 2.45) is 0 Å². The van der Waals surface area contributed by atoms with Crippen LogP contribution in [-0.2, 0) is 0 Å². The van der Waals surface area contributed by atoms with E-state index in [1.165, 1.54) is 5.56 Å². The third kappa shape index (κ3) is 1.82. The summed E-state index contributed by atoms with van der Waals surface area (Å²) >= 11 is 0. The number of benzene rings is 1. The molecule has 0 saturated carbocycles. The first-order valence-corrected chi connectivity index (χ1v) is 5.01. The summed E-state index contributed by atoms with van der Waals surface area (Å²) in [6.45, 7) is 4.04. The van der Waals surface area contributed by atoms with Crippen molar-refractivity contribution >= 4 is 5.69 Å². The van der Waals surface area contributed by atoms with Gasteiger partial charge in [-0.1, -0.05) is 23.8 Å². The Kier molecular flexibility index (Phi) is 2.48. The van der Waals surface area contributed by atoms with E-state index in [1.807, 2.05) is 26.0 Å². The van der Waals surface area contributed by atoms with Gasteiger partial charge in [-0.15, -0.1) is 0 Å². The van der Waals surface area contributed by atoms with Crippen LogP contribution in [0, 0.1) is 13.8 Å². The Balaban J connectivity index is 2.59. The molecule has 16 heavy (non-hydrogen) atoms. The number of nitrogens with one attached hydrogen (secondary N) is 1. The van der Waals surface area contributed by atoms with E-state index < -0.39 is 0 Å². The highest BCUT2D eigenvalue weighted by atomic mass is 16.1. The summed E-state index contributed by atoms with van der Waals surface area (Å²) in [6.07, 6.45) is 0. The number of nitrogens with zero attached hydrogens (tertiary/aromatic N) is 1. The summed E-state index contributed by atoms with van der Waals surface area (Å²) in [5.74, 6) is 0. The third-order valence-electron chi connectivity index (χ3n) is 2.49. The minimum absolute atomic E-state index is 0.185. The normalized spacial score (nSPS) is 10.4. The van der Waals surface area contributed by atoms with Gasteiger partial charge in [0.2, 0.25) is 0 Å². The molecular weight excluding hydrogens is 202 g/mol. The number of aromatic nitrogens is 2. The molecule has 82 valence electrons. The van der Waals surface area contributed by atoms with Crippen LogP contribution >= 0.6 is 0 Å². The van der Waals surface area contributed by atoms with Gasteiger partial charge in [0.05, 0.1) is 5.69 Å². The van der Waals surface area contributed by atoms with Gasteiger partial charge < -0.3 is 5.73 Å². The van der Waals surface area contributed by atoms with E-state index in [1.54, 1.807) is 6.07 Å². The van der Waals surface area contributed by atoms with E-state index in [0.29, 0.717) is 5.69 Å². The SMILES string of the molecule is Cc1ccc(-c2cc(N)c(=O)[nH]n2)c(C)c1. The largest absolute Gasteiger partial charge is 0.394 e. The second-order valence-corrected chi connectivity index (χ2v) is 3.86. The van der Waals surface area contributed by atoms with Crippen LogP contribution in [0.2, 0.25) is 0 Å². The molecule has 0 radical (unpaired) electrons. The Morgan fingerprint density at radius 1 is 1.25 bits per heavy atom. The summed E-state index contributed by atoms with van der Waals surface area (Å²) < 4.78 is 0. The van der Waals surface area contributed by atoms with E-state index in [-0.39, 0.29) is 11.2 Å². The number of rotatable bonds is 1. The Morgan fingerprint density at radius 2 is 2.00 bits per heavy atom. The van der Waals surface area contributed by atoms with Crippen LogP contribution in [0.5, 0.6) is 0 Å². The topological polar surface area (TPSA) is 71.8 Å². The lowest BCUT2D eigenvalue weighted by atomic mass is 10.0. The average Bonchev–Trinajstić information content (AvgIpc) is 2.22. The fraction of sp³-hybridized carbons (Fsp3) is 0.167. The summed E-state index contributed by atoms with van der Waals surface area (Å²) in [5.41, 5.74) is 9.36. The van der Waals surface area contributed by atoms with E-state index in [4.69, 9.17) is 5.73 Å². The van der Waals surface area contributed by atoms with Crippen LogP contribution < -0.4 is 11.3 Å². The first-order chi connectivity index (χ1) is 7.58. The zero-order valence-electron chi connectivity index (χ0n) is 9.24. The van der Waals surface area contributed by atoms with Crippen molar-refractivity contribution in [1.29, 1.82) is 0 Å². The Bertz CT molecular complexity index is 587. The Labute approximate surface area is 93.1 Å². The number of nitrogens with two attached hydrogens (primary N) is 1. The van der Waals surface area contributed by atoms with Crippen molar-refractivity contribution in [3.05, 3.63) is 45.7 Å². The molecule has 0 atom stereocenters. The summed E-state index contributed by atoms with van der Waals surface area (Å²) in [5, 5.41) is 6.36. The van der Waals surface area contributed by atoms with E-state index >= 15 is 0 Å². The van der Waals surface area contributed by atoms with Crippen LogP contribution in [0.3, 0.4) is 0 Å². The molecule has 0 bridgehead atoms. The number of aromatic amines is 1. The van der Waals surface area contributed by atoms with Gasteiger partial charge in [-0.05, 0) is 25.5 Å². The maximum atomic E-state index is 11.1. The monoisotopic (exact) mass is 215 g/mol. The number of aryl methyl sites for hydroxylation is 2. The standard InChI is InChI=1S/C12H13N3O/c1-7-3-4-9(8(2)5-7)11-6-10(13)12(16)15-14-11/h3-6H,1-2H3,(H2,13,14)(H,15,16). The summed E-state index contributed by atoms with van der Waals surface area (Å²) in [7, 11) is 0. The molecule has 3 N–H and O–H groups in total. The van der Waals surface area contributed by atoms with Crippen molar-refractivity contribution in [2.75, 3.05) is 5.73 Å². The van der Waals surface area contributed by atoms with Crippen molar-refractivity contribution in [2.45, 2.75) is 13.8 Å². The van der Waals surface area contributed by atoms with Crippen molar-refractivity contribution in [3.8, 4) is 11.3 Å². The molecule has 0 spiro atoms. The Hall–Kier alpha value is -2.10. The van der Waals surface area contributed by atoms with Gasteiger partial charge in [-0.3, -0.25) is 4.79 Å². The molecule has 0 unspecified atom stereocenters. The van der Waals surface area contributed by atoms with Crippen molar-refractivity contribution < 1.29 is 0 Å². The minimum atomic E-state index is -0.353. The second kappa shape index (κ2) is 3.81. The fourth-order valence-electron chi connectivity index (χ4n) is 1.66. The van der Waals surface area contributed by atoms with Gasteiger partial charge in [0.1, 0.15) is 5.69 Å². The molecule has 1 heterocycles. The molecule has 0 aliphatic carbocycles. The van der Waals surface area contributed by atoms with Gasteiger partial charge in [-0.2, -0.15) is 5.10 Å². The quantitative estimate of drug-likeness (QED) is 0.759. The van der Waals surface area contributed by atoms with Crippen LogP contribution in [0.1, 0.15) is 11.1 Å². The number of hydrogen-bond donors (Lipinski definition) is 2. The lowest BCUT2D eigenvalue weighted by Crippen LogP contribution is -2.13. The lowest BCUT2D eigenvalue weighted by molar-refractivity contribution is 0.998. The maximum absolute atomic E-state index is 11.1. The predicted molar refractivity (Wildman–Crippen MR) is 64.2 cm³/mol. The predicted octanol–water partition coefficient (Wildman–Crippen LogP) is 1.64. The highest BCUT2D eigenvalue weighted by molar-refractivity contribution is 5.66. The molecule has 4 heteroatoms. The summed E-state index contributed by atoms with van der Waals surface area (Å²) in [4.78, 5) is 11.1. The van der Waals surface area contributed by atoms with Gasteiger partial charge in [-0.25, -0.2) is 5.10 Å². The van der Waals surface area contributed by atoms with Gasteiger partial charge in [0.15, 0.2) is 0 Å². The average molecular weight is 215 g/mol. The fourth-order valence-corrected chi connectivity index (χ4v) is 1.66. The summed E-state index contributed by atoms with van der Waals surface area (Å²) in [6, 6.07) is 7.64. The zero-order valence-corrected chi connectivity index (χ0v) is 9.24. The third-order valence-corrected chi connectivity index (χ3v) is 2.49. The molecular formula is C12H13N3O. The molecule has 0 amide bonds. The highest BCUT2D eigenvalue weighted by Gasteiger charge is 2.05. The molecule has 2 aromatic rings. The van der Waals surface area contributed by atoms with Crippen molar-refractivity contribution in [3.63, 3.8) is 0 Å². The minimum Gasteiger partial charge on any atom is -0.394 e. The lowest BCUT2D eigenvalue weighted by Gasteiger charge is -2.06. The van der Waals surface area contributed by atoms with E-state index in [2.05, 4.69) is 16.3 Å².